The molecular weight excluding hydrogens is 338 g/mol. The molecule has 0 bridgehead atoms. The van der Waals surface area contributed by atoms with E-state index in [1.54, 1.807) is 11.4 Å². The van der Waals surface area contributed by atoms with Crippen LogP contribution in [0.4, 0.5) is 5.00 Å². The molecule has 0 spiro atoms. The van der Waals surface area contributed by atoms with Gasteiger partial charge in [-0.1, -0.05) is 6.92 Å². The van der Waals surface area contributed by atoms with Gasteiger partial charge in [0.2, 0.25) is 11.8 Å². The Morgan fingerprint density at radius 3 is 2.64 bits per heavy atom. The molecule has 0 saturated carbocycles. The molecule has 0 aromatic carbocycles. The number of hydrogen-bond donors (Lipinski definition) is 2. The number of piperazine rings is 1. The van der Waals surface area contributed by atoms with Crippen LogP contribution in [-0.4, -0.2) is 67.4 Å². The summed E-state index contributed by atoms with van der Waals surface area (Å²) in [7, 11) is 0. The fourth-order valence-corrected chi connectivity index (χ4v) is 3.39. The predicted molar refractivity (Wildman–Crippen MR) is 98.5 cm³/mol. The molecule has 0 unspecified atom stereocenters. The van der Waals surface area contributed by atoms with Gasteiger partial charge in [0.1, 0.15) is 11.1 Å². The molecule has 1 aromatic heterocycles. The zero-order valence-electron chi connectivity index (χ0n) is 14.6. The summed E-state index contributed by atoms with van der Waals surface area (Å²) in [6, 6.07) is 3.77. The van der Waals surface area contributed by atoms with Gasteiger partial charge in [-0.15, -0.1) is 11.3 Å². The molecule has 25 heavy (non-hydrogen) atoms. The summed E-state index contributed by atoms with van der Waals surface area (Å²) in [5.74, 6) is 0.0132. The molecule has 0 aliphatic carbocycles. The molecule has 0 radical (unpaired) electrons. The van der Waals surface area contributed by atoms with Gasteiger partial charge in [-0.2, -0.15) is 5.26 Å². The van der Waals surface area contributed by atoms with Crippen molar-refractivity contribution < 1.29 is 9.59 Å². The Balaban J connectivity index is 1.64. The number of nitrogens with one attached hydrogen (secondary N) is 2. The number of nitriles is 1. The minimum atomic E-state index is -0.0691. The molecule has 1 aliphatic rings. The van der Waals surface area contributed by atoms with Crippen molar-refractivity contribution >= 4 is 28.2 Å². The van der Waals surface area contributed by atoms with Gasteiger partial charge in [0.05, 0.1) is 12.1 Å². The maximum atomic E-state index is 12.0. The first kappa shape index (κ1) is 19.4. The summed E-state index contributed by atoms with van der Waals surface area (Å²) in [4.78, 5) is 28.1. The van der Waals surface area contributed by atoms with Crippen molar-refractivity contribution in [2.75, 3.05) is 51.1 Å². The van der Waals surface area contributed by atoms with E-state index in [-0.39, 0.29) is 11.8 Å². The predicted octanol–water partition coefficient (Wildman–Crippen LogP) is 1.09. The summed E-state index contributed by atoms with van der Waals surface area (Å²) in [5.41, 5.74) is 0.508. The van der Waals surface area contributed by atoms with E-state index in [2.05, 4.69) is 26.5 Å². The molecule has 0 atom stereocenters. The monoisotopic (exact) mass is 363 g/mol. The van der Waals surface area contributed by atoms with Crippen molar-refractivity contribution in [1.82, 2.24) is 15.1 Å². The lowest BCUT2D eigenvalue weighted by molar-refractivity contribution is -0.122. The normalized spacial score (nSPS) is 15.5. The van der Waals surface area contributed by atoms with Gasteiger partial charge in [0.25, 0.3) is 0 Å². The van der Waals surface area contributed by atoms with E-state index in [0.717, 1.165) is 39.1 Å². The fourth-order valence-electron chi connectivity index (χ4n) is 2.64. The van der Waals surface area contributed by atoms with Crippen LogP contribution in [0.3, 0.4) is 0 Å². The minimum absolute atomic E-state index is 0.0691. The van der Waals surface area contributed by atoms with E-state index in [9.17, 15) is 9.59 Å². The molecule has 8 heteroatoms. The smallest absolute Gasteiger partial charge is 0.234 e. The third-order valence-corrected chi connectivity index (χ3v) is 4.93. The van der Waals surface area contributed by atoms with E-state index >= 15 is 0 Å². The third kappa shape index (κ3) is 6.46. The van der Waals surface area contributed by atoms with Crippen molar-refractivity contribution in [2.24, 2.45) is 0 Å². The number of nitrogens with zero attached hydrogens (tertiary/aromatic N) is 3. The van der Waals surface area contributed by atoms with Gasteiger partial charge in [-0.05, 0) is 17.9 Å². The molecule has 1 saturated heterocycles. The second-order valence-electron chi connectivity index (χ2n) is 6.04. The average molecular weight is 363 g/mol. The van der Waals surface area contributed by atoms with Crippen LogP contribution in [-0.2, 0) is 9.59 Å². The minimum Gasteiger partial charge on any atom is -0.355 e. The highest BCUT2D eigenvalue weighted by Crippen LogP contribution is 2.22. The summed E-state index contributed by atoms with van der Waals surface area (Å²) >= 11 is 1.36. The fraction of sp³-hybridized carbons (Fsp3) is 0.588. The highest BCUT2D eigenvalue weighted by Gasteiger charge is 2.19. The highest BCUT2D eigenvalue weighted by molar-refractivity contribution is 7.14. The van der Waals surface area contributed by atoms with E-state index in [1.807, 2.05) is 6.92 Å². The van der Waals surface area contributed by atoms with Crippen molar-refractivity contribution in [1.29, 1.82) is 5.26 Å². The topological polar surface area (TPSA) is 88.5 Å². The van der Waals surface area contributed by atoms with Crippen molar-refractivity contribution in [3.63, 3.8) is 0 Å². The molecule has 2 amide bonds. The third-order valence-electron chi connectivity index (χ3n) is 4.10. The van der Waals surface area contributed by atoms with Crippen LogP contribution in [0, 0.1) is 11.3 Å². The summed E-state index contributed by atoms with van der Waals surface area (Å²) < 4.78 is 0. The van der Waals surface area contributed by atoms with Crippen molar-refractivity contribution in [3.05, 3.63) is 17.0 Å². The molecule has 1 aromatic rings. The molecule has 1 fully saturated rings. The van der Waals surface area contributed by atoms with Gasteiger partial charge >= 0.3 is 0 Å². The largest absolute Gasteiger partial charge is 0.355 e. The summed E-state index contributed by atoms with van der Waals surface area (Å²) in [5, 5.41) is 17.1. The maximum Gasteiger partial charge on any atom is 0.234 e. The average Bonchev–Trinajstić information content (AvgIpc) is 3.06. The van der Waals surface area contributed by atoms with Gasteiger partial charge in [-0.25, -0.2) is 0 Å². The number of thiophene rings is 1. The Morgan fingerprint density at radius 2 is 1.96 bits per heavy atom. The lowest BCUT2D eigenvalue weighted by Gasteiger charge is -2.34. The Morgan fingerprint density at radius 1 is 1.24 bits per heavy atom. The molecular formula is C17H25N5O2S. The summed E-state index contributed by atoms with van der Waals surface area (Å²) in [6.07, 6.45) is 1.35. The van der Waals surface area contributed by atoms with Crippen molar-refractivity contribution in [2.45, 2.75) is 19.8 Å². The van der Waals surface area contributed by atoms with Gasteiger partial charge < -0.3 is 15.5 Å². The zero-order chi connectivity index (χ0) is 18.1. The van der Waals surface area contributed by atoms with Crippen LogP contribution < -0.4 is 10.6 Å². The molecule has 2 rings (SSSR count). The molecule has 2 N–H and O–H groups in total. The van der Waals surface area contributed by atoms with Crippen LogP contribution in [0.15, 0.2) is 11.4 Å². The second-order valence-corrected chi connectivity index (χ2v) is 6.96. The van der Waals surface area contributed by atoms with E-state index in [0.29, 0.717) is 30.1 Å². The first-order valence-electron chi connectivity index (χ1n) is 8.61. The number of rotatable bonds is 8. The van der Waals surface area contributed by atoms with Gasteiger partial charge in [-0.3, -0.25) is 14.5 Å². The van der Waals surface area contributed by atoms with E-state index in [1.165, 1.54) is 11.3 Å². The van der Waals surface area contributed by atoms with Crippen molar-refractivity contribution in [3.8, 4) is 6.07 Å². The molecule has 1 aliphatic heterocycles. The standard InChI is InChI=1S/C17H25N5O2S/c1-2-5-19-16(24)13-22-9-7-21(8-10-22)6-3-15(23)20-17-14(12-18)4-11-25-17/h4,11H,2-3,5-10,13H2,1H3,(H,19,24)(H,20,23). The first-order valence-corrected chi connectivity index (χ1v) is 9.49. The quantitative estimate of drug-likeness (QED) is 0.722. The number of amides is 2. The maximum absolute atomic E-state index is 12.0. The Bertz CT molecular complexity index is 617. The molecule has 2 heterocycles. The van der Waals surface area contributed by atoms with Crippen LogP contribution in [0.2, 0.25) is 0 Å². The Labute approximate surface area is 152 Å². The SMILES string of the molecule is CCCNC(=O)CN1CCN(CCC(=O)Nc2sccc2C#N)CC1. The number of carbonyl (C=O) groups is 2. The van der Waals surface area contributed by atoms with E-state index < -0.39 is 0 Å². The lowest BCUT2D eigenvalue weighted by atomic mass is 10.2. The first-order chi connectivity index (χ1) is 12.1. The Hall–Kier alpha value is -1.95. The van der Waals surface area contributed by atoms with Crippen LogP contribution in [0.1, 0.15) is 25.3 Å². The van der Waals surface area contributed by atoms with Gasteiger partial charge in [0.15, 0.2) is 0 Å². The highest BCUT2D eigenvalue weighted by atomic mass is 32.1. The van der Waals surface area contributed by atoms with Gasteiger partial charge in [0, 0.05) is 45.7 Å². The van der Waals surface area contributed by atoms with Crippen LogP contribution in [0.5, 0.6) is 0 Å². The second kappa shape index (κ2) is 10.1. The lowest BCUT2D eigenvalue weighted by Crippen LogP contribution is -2.49. The van der Waals surface area contributed by atoms with E-state index in [4.69, 9.17) is 5.26 Å². The number of hydrogen-bond acceptors (Lipinski definition) is 6. The molecule has 7 nitrogen and oxygen atoms in total. The summed E-state index contributed by atoms with van der Waals surface area (Å²) in [6.45, 7) is 7.29. The van der Waals surface area contributed by atoms with Crippen LogP contribution >= 0.6 is 11.3 Å². The van der Waals surface area contributed by atoms with Crippen LogP contribution in [0.25, 0.3) is 0 Å². The Kier molecular flexibility index (Phi) is 7.85. The number of carbonyl (C=O) groups excluding carboxylic acids is 2. The molecule has 136 valence electrons. The number of anilines is 1. The zero-order valence-corrected chi connectivity index (χ0v) is 15.4.